The molecule has 4 heteroatoms. The van der Waals surface area contributed by atoms with Gasteiger partial charge in [-0.05, 0) is 12.1 Å². The molecule has 1 amide bonds. The van der Waals surface area contributed by atoms with Gasteiger partial charge in [-0.25, -0.2) is 4.39 Å². The maximum atomic E-state index is 13.3. The number of hydrogen-bond acceptors (Lipinski definition) is 1. The minimum Gasteiger partial charge on any atom is -0.308 e. The van der Waals surface area contributed by atoms with Crippen molar-refractivity contribution in [2.75, 3.05) is 11.4 Å². The van der Waals surface area contributed by atoms with E-state index in [2.05, 4.69) is 15.9 Å². The van der Waals surface area contributed by atoms with Gasteiger partial charge < -0.3 is 4.90 Å². The van der Waals surface area contributed by atoms with E-state index < -0.39 is 0 Å². The Kier molecular flexibility index (Phi) is 2.54. The van der Waals surface area contributed by atoms with Gasteiger partial charge in [-0.15, -0.1) is 0 Å². The molecule has 14 heavy (non-hydrogen) atoms. The smallest absolute Gasteiger partial charge is 0.228 e. The third-order valence-electron chi connectivity index (χ3n) is 2.22. The van der Waals surface area contributed by atoms with Crippen molar-refractivity contribution >= 4 is 27.5 Å². The second kappa shape index (κ2) is 3.69. The summed E-state index contributed by atoms with van der Waals surface area (Å²) < 4.78 is 13.3. The molecule has 2 nitrogen and oxygen atoms in total. The maximum absolute atomic E-state index is 13.3. The lowest BCUT2D eigenvalue weighted by molar-refractivity contribution is -0.117. The highest BCUT2D eigenvalue weighted by atomic mass is 79.9. The van der Waals surface area contributed by atoms with Gasteiger partial charge in [0.15, 0.2) is 0 Å². The van der Waals surface area contributed by atoms with Crippen LogP contribution in [-0.4, -0.2) is 17.3 Å². The maximum Gasteiger partial charge on any atom is 0.228 e. The van der Waals surface area contributed by atoms with E-state index in [1.807, 2.05) is 0 Å². The number of amides is 1. The van der Waals surface area contributed by atoms with E-state index >= 15 is 0 Å². The van der Waals surface area contributed by atoms with E-state index in [-0.39, 0.29) is 16.6 Å². The van der Waals surface area contributed by atoms with E-state index in [9.17, 15) is 9.18 Å². The number of alkyl halides is 1. The fraction of sp³-hybridized carbons (Fsp3) is 0.300. The number of carbonyl (C=O) groups is 1. The van der Waals surface area contributed by atoms with E-state index in [0.717, 1.165) is 0 Å². The molecule has 0 aromatic heterocycles. The largest absolute Gasteiger partial charge is 0.308 e. The van der Waals surface area contributed by atoms with Crippen LogP contribution in [0.5, 0.6) is 0 Å². The van der Waals surface area contributed by atoms with Gasteiger partial charge in [0, 0.05) is 17.8 Å². The standard InChI is InChI=1S/C10H9BrFNO/c11-7-5-10(14)13(6-7)9-4-2-1-3-8(9)12/h1-4,7H,5-6H2. The average Bonchev–Trinajstić information content (AvgIpc) is 2.46. The summed E-state index contributed by atoms with van der Waals surface area (Å²) in [6, 6.07) is 6.33. The molecule has 1 unspecified atom stereocenters. The SMILES string of the molecule is O=C1CC(Br)CN1c1ccccc1F. The molecule has 1 aliphatic rings. The first-order valence-electron chi connectivity index (χ1n) is 4.37. The van der Waals surface area contributed by atoms with Crippen molar-refractivity contribution in [2.45, 2.75) is 11.2 Å². The summed E-state index contributed by atoms with van der Waals surface area (Å²) >= 11 is 3.36. The number of rotatable bonds is 1. The van der Waals surface area contributed by atoms with Gasteiger partial charge in [0.2, 0.25) is 5.91 Å². The Bertz CT molecular complexity index is 369. The van der Waals surface area contributed by atoms with Gasteiger partial charge in [0.05, 0.1) is 5.69 Å². The Balaban J connectivity index is 2.32. The van der Waals surface area contributed by atoms with Gasteiger partial charge >= 0.3 is 0 Å². The molecule has 2 rings (SSSR count). The number of para-hydroxylation sites is 1. The van der Waals surface area contributed by atoms with Crippen LogP contribution in [0.25, 0.3) is 0 Å². The minimum atomic E-state index is -0.345. The number of anilines is 1. The molecule has 1 fully saturated rings. The highest BCUT2D eigenvalue weighted by molar-refractivity contribution is 9.09. The first kappa shape index (κ1) is 9.65. The van der Waals surface area contributed by atoms with Crippen molar-refractivity contribution in [1.82, 2.24) is 0 Å². The molecule has 0 aliphatic carbocycles. The zero-order valence-electron chi connectivity index (χ0n) is 7.41. The predicted molar refractivity (Wildman–Crippen MR) is 56.1 cm³/mol. The normalized spacial score (nSPS) is 21.7. The summed E-state index contributed by atoms with van der Waals surface area (Å²) in [5, 5.41) is 0. The molecule has 0 radical (unpaired) electrons. The van der Waals surface area contributed by atoms with Crippen LogP contribution in [0.2, 0.25) is 0 Å². The molecule has 0 bridgehead atoms. The monoisotopic (exact) mass is 257 g/mol. The molecular formula is C10H9BrFNO. The zero-order valence-corrected chi connectivity index (χ0v) is 9.00. The van der Waals surface area contributed by atoms with E-state index in [0.29, 0.717) is 18.7 Å². The summed E-state index contributed by atoms with van der Waals surface area (Å²) in [5.74, 6) is -0.376. The predicted octanol–water partition coefficient (Wildman–Crippen LogP) is 2.33. The Morgan fingerprint density at radius 3 is 2.71 bits per heavy atom. The van der Waals surface area contributed by atoms with Crippen LogP contribution >= 0.6 is 15.9 Å². The lowest BCUT2D eigenvalue weighted by atomic mass is 10.3. The summed E-state index contributed by atoms with van der Waals surface area (Å²) in [7, 11) is 0. The van der Waals surface area contributed by atoms with E-state index in [1.54, 1.807) is 18.2 Å². The molecule has 1 aliphatic heterocycles. The zero-order chi connectivity index (χ0) is 10.1. The molecule has 0 saturated carbocycles. The number of nitrogens with zero attached hydrogens (tertiary/aromatic N) is 1. The van der Waals surface area contributed by atoms with Crippen molar-refractivity contribution in [1.29, 1.82) is 0 Å². The second-order valence-electron chi connectivity index (χ2n) is 3.26. The molecule has 0 spiro atoms. The van der Waals surface area contributed by atoms with Crippen molar-refractivity contribution in [3.8, 4) is 0 Å². The lowest BCUT2D eigenvalue weighted by Crippen LogP contribution is -2.25. The van der Waals surface area contributed by atoms with Crippen LogP contribution in [0.15, 0.2) is 24.3 Å². The van der Waals surface area contributed by atoms with Crippen molar-refractivity contribution in [2.24, 2.45) is 0 Å². The lowest BCUT2D eigenvalue weighted by Gasteiger charge is -2.16. The van der Waals surface area contributed by atoms with Gasteiger partial charge in [0.25, 0.3) is 0 Å². The first-order chi connectivity index (χ1) is 6.68. The quantitative estimate of drug-likeness (QED) is 0.708. The van der Waals surface area contributed by atoms with Gasteiger partial charge in [0.1, 0.15) is 5.82 Å². The van der Waals surface area contributed by atoms with Crippen LogP contribution in [0.1, 0.15) is 6.42 Å². The number of hydrogen-bond donors (Lipinski definition) is 0. The number of carbonyl (C=O) groups excluding carboxylic acids is 1. The Labute approximate surface area is 89.8 Å². The highest BCUT2D eigenvalue weighted by Gasteiger charge is 2.29. The molecule has 1 atom stereocenters. The Hall–Kier alpha value is -0.900. The van der Waals surface area contributed by atoms with Crippen LogP contribution in [0, 0.1) is 5.82 Å². The second-order valence-corrected chi connectivity index (χ2v) is 4.55. The van der Waals surface area contributed by atoms with E-state index in [4.69, 9.17) is 0 Å². The molecule has 1 saturated heterocycles. The summed E-state index contributed by atoms with van der Waals surface area (Å²) in [5.41, 5.74) is 0.374. The van der Waals surface area contributed by atoms with Gasteiger partial charge in [-0.2, -0.15) is 0 Å². The summed E-state index contributed by atoms with van der Waals surface area (Å²) in [6.45, 7) is 0.541. The fourth-order valence-electron chi connectivity index (χ4n) is 1.57. The first-order valence-corrected chi connectivity index (χ1v) is 5.29. The van der Waals surface area contributed by atoms with Crippen LogP contribution in [-0.2, 0) is 4.79 Å². The highest BCUT2D eigenvalue weighted by Crippen LogP contribution is 2.26. The Morgan fingerprint density at radius 1 is 1.43 bits per heavy atom. The molecule has 1 heterocycles. The third kappa shape index (κ3) is 1.66. The molecule has 1 aromatic rings. The van der Waals surface area contributed by atoms with Gasteiger partial charge in [-0.1, -0.05) is 28.1 Å². The van der Waals surface area contributed by atoms with Gasteiger partial charge in [-0.3, -0.25) is 4.79 Å². The van der Waals surface area contributed by atoms with Crippen molar-refractivity contribution < 1.29 is 9.18 Å². The molecular weight excluding hydrogens is 249 g/mol. The Morgan fingerprint density at radius 2 is 2.14 bits per heavy atom. The van der Waals surface area contributed by atoms with Crippen molar-refractivity contribution in [3.05, 3.63) is 30.1 Å². The molecule has 0 N–H and O–H groups in total. The third-order valence-corrected chi connectivity index (χ3v) is 2.83. The topological polar surface area (TPSA) is 20.3 Å². The number of benzene rings is 1. The molecule has 1 aromatic carbocycles. The summed E-state index contributed by atoms with van der Waals surface area (Å²) in [6.07, 6.45) is 0.439. The fourth-order valence-corrected chi connectivity index (χ4v) is 2.13. The van der Waals surface area contributed by atoms with Crippen molar-refractivity contribution in [3.63, 3.8) is 0 Å². The van der Waals surface area contributed by atoms with Crippen LogP contribution in [0.4, 0.5) is 10.1 Å². The van der Waals surface area contributed by atoms with Crippen LogP contribution < -0.4 is 4.90 Å². The van der Waals surface area contributed by atoms with E-state index in [1.165, 1.54) is 11.0 Å². The van der Waals surface area contributed by atoms with Crippen LogP contribution in [0.3, 0.4) is 0 Å². The summed E-state index contributed by atoms with van der Waals surface area (Å²) in [4.78, 5) is 13.1. The average molecular weight is 258 g/mol. The minimum absolute atomic E-state index is 0.0306. The molecule has 74 valence electrons. The number of halogens is 2.